The van der Waals surface area contributed by atoms with Gasteiger partial charge in [-0.3, -0.25) is 0 Å². The molecule has 1 fully saturated rings. The van der Waals surface area contributed by atoms with Crippen molar-refractivity contribution in [2.45, 2.75) is 19.1 Å². The molecule has 1 N–H and O–H groups in total. The Bertz CT molecular complexity index is 746. The molecule has 2 aromatic heterocycles. The second kappa shape index (κ2) is 5.55. The summed E-state index contributed by atoms with van der Waals surface area (Å²) in [6.45, 7) is 3.94. The second-order valence-corrected chi connectivity index (χ2v) is 5.36. The number of imidazole rings is 2. The van der Waals surface area contributed by atoms with Gasteiger partial charge in [-0.25, -0.2) is 9.97 Å². The van der Waals surface area contributed by atoms with Crippen LogP contribution in [0.25, 0.3) is 22.7 Å². The summed E-state index contributed by atoms with van der Waals surface area (Å²) in [4.78, 5) is 12.4. The van der Waals surface area contributed by atoms with Crippen LogP contribution in [-0.2, 0) is 9.47 Å². The zero-order valence-electron chi connectivity index (χ0n) is 12.4. The lowest BCUT2D eigenvalue weighted by atomic mass is 10.2. The molecule has 0 unspecified atom stereocenters. The Morgan fingerprint density at radius 3 is 3.14 bits per heavy atom. The summed E-state index contributed by atoms with van der Waals surface area (Å²) in [6.07, 6.45) is 3.82. The van der Waals surface area contributed by atoms with Crippen molar-refractivity contribution >= 4 is 11.0 Å². The molecule has 0 bridgehead atoms. The van der Waals surface area contributed by atoms with Crippen LogP contribution < -0.4 is 0 Å². The Balaban J connectivity index is 1.73. The van der Waals surface area contributed by atoms with Crippen molar-refractivity contribution in [3.63, 3.8) is 0 Å². The number of nitrogens with one attached hydrogen (secondary N) is 1. The fourth-order valence-corrected chi connectivity index (χ4v) is 2.98. The molecule has 0 amide bonds. The van der Waals surface area contributed by atoms with E-state index in [0.29, 0.717) is 19.8 Å². The first kappa shape index (κ1) is 13.5. The number of benzene rings is 1. The highest BCUT2D eigenvalue weighted by molar-refractivity contribution is 5.78. The molecular formula is C16H18N4O2. The van der Waals surface area contributed by atoms with E-state index in [0.717, 1.165) is 22.7 Å². The van der Waals surface area contributed by atoms with Crippen LogP contribution in [0.4, 0.5) is 0 Å². The van der Waals surface area contributed by atoms with Gasteiger partial charge in [-0.05, 0) is 19.1 Å². The van der Waals surface area contributed by atoms with Crippen molar-refractivity contribution < 1.29 is 9.47 Å². The van der Waals surface area contributed by atoms with E-state index in [9.17, 15) is 0 Å². The van der Waals surface area contributed by atoms with Crippen molar-refractivity contribution in [2.24, 2.45) is 0 Å². The maximum Gasteiger partial charge on any atom is 0.176 e. The summed E-state index contributed by atoms with van der Waals surface area (Å²) in [5.41, 5.74) is 1.95. The maximum atomic E-state index is 5.78. The molecule has 3 aromatic rings. The standard InChI is InChI=1S/C16H18N4O2/c1-2-22-14-10-21-9-13(14)20-8-7-17-16(20)15-18-11-5-3-4-6-12(11)19-15/h3-8,13-14H,2,9-10H2,1H3,(H,18,19)/t13-,14-/m0/s1. The van der Waals surface area contributed by atoms with Gasteiger partial charge in [0.15, 0.2) is 11.6 Å². The van der Waals surface area contributed by atoms with Crippen LogP contribution in [0.2, 0.25) is 0 Å². The Morgan fingerprint density at radius 1 is 1.36 bits per heavy atom. The first-order valence-corrected chi connectivity index (χ1v) is 7.54. The molecule has 114 valence electrons. The Hall–Kier alpha value is -2.18. The van der Waals surface area contributed by atoms with Crippen molar-refractivity contribution in [3.05, 3.63) is 36.7 Å². The molecule has 1 aromatic carbocycles. The van der Waals surface area contributed by atoms with E-state index in [4.69, 9.17) is 9.47 Å². The number of aromatic amines is 1. The van der Waals surface area contributed by atoms with Gasteiger partial charge in [-0.2, -0.15) is 0 Å². The van der Waals surface area contributed by atoms with Crippen molar-refractivity contribution in [2.75, 3.05) is 19.8 Å². The van der Waals surface area contributed by atoms with Gasteiger partial charge in [0.25, 0.3) is 0 Å². The second-order valence-electron chi connectivity index (χ2n) is 5.36. The smallest absolute Gasteiger partial charge is 0.176 e. The summed E-state index contributed by atoms with van der Waals surface area (Å²) in [6, 6.07) is 8.11. The summed E-state index contributed by atoms with van der Waals surface area (Å²) >= 11 is 0. The quantitative estimate of drug-likeness (QED) is 0.803. The Labute approximate surface area is 128 Å². The average molecular weight is 298 g/mol. The van der Waals surface area contributed by atoms with Crippen molar-refractivity contribution in [1.29, 1.82) is 0 Å². The van der Waals surface area contributed by atoms with E-state index in [1.165, 1.54) is 0 Å². The van der Waals surface area contributed by atoms with Gasteiger partial charge < -0.3 is 19.0 Å². The van der Waals surface area contributed by atoms with Gasteiger partial charge in [0.2, 0.25) is 0 Å². The topological polar surface area (TPSA) is 65.0 Å². The van der Waals surface area contributed by atoms with Crippen molar-refractivity contribution in [1.82, 2.24) is 19.5 Å². The minimum atomic E-state index is 0.0577. The number of fused-ring (bicyclic) bond motifs is 1. The third-order valence-corrected chi connectivity index (χ3v) is 4.01. The molecule has 1 aliphatic rings. The third kappa shape index (κ3) is 2.20. The van der Waals surface area contributed by atoms with Crippen LogP contribution in [0.3, 0.4) is 0 Å². The molecule has 6 nitrogen and oxygen atoms in total. The van der Waals surface area contributed by atoms with E-state index >= 15 is 0 Å². The highest BCUT2D eigenvalue weighted by atomic mass is 16.5. The van der Waals surface area contributed by atoms with Gasteiger partial charge in [-0.1, -0.05) is 12.1 Å². The van der Waals surface area contributed by atoms with E-state index in [1.807, 2.05) is 37.4 Å². The molecule has 6 heteroatoms. The number of hydrogen-bond acceptors (Lipinski definition) is 4. The molecule has 2 atom stereocenters. The van der Waals surface area contributed by atoms with Crippen LogP contribution >= 0.6 is 0 Å². The monoisotopic (exact) mass is 298 g/mol. The SMILES string of the molecule is CCO[C@H]1COC[C@@H]1n1ccnc1-c1nc2ccccc2[nH]1. The van der Waals surface area contributed by atoms with E-state index in [-0.39, 0.29) is 12.1 Å². The first-order valence-electron chi connectivity index (χ1n) is 7.54. The van der Waals surface area contributed by atoms with Gasteiger partial charge in [0.05, 0.1) is 30.3 Å². The molecular weight excluding hydrogens is 280 g/mol. The molecule has 1 saturated heterocycles. The third-order valence-electron chi connectivity index (χ3n) is 4.01. The highest BCUT2D eigenvalue weighted by Crippen LogP contribution is 2.28. The molecule has 0 aliphatic carbocycles. The molecule has 0 saturated carbocycles. The lowest BCUT2D eigenvalue weighted by Gasteiger charge is -2.20. The molecule has 1 aliphatic heterocycles. The first-order chi connectivity index (χ1) is 10.9. The Morgan fingerprint density at radius 2 is 2.27 bits per heavy atom. The fourth-order valence-electron chi connectivity index (χ4n) is 2.98. The van der Waals surface area contributed by atoms with Crippen LogP contribution in [0.15, 0.2) is 36.7 Å². The lowest BCUT2D eigenvalue weighted by Crippen LogP contribution is -2.25. The minimum absolute atomic E-state index is 0.0577. The summed E-state index contributed by atoms with van der Waals surface area (Å²) in [5, 5.41) is 0. The molecule has 4 rings (SSSR count). The number of para-hydroxylation sites is 2. The summed E-state index contributed by atoms with van der Waals surface area (Å²) in [7, 11) is 0. The zero-order chi connectivity index (χ0) is 14.9. The van der Waals surface area contributed by atoms with E-state index in [1.54, 1.807) is 6.20 Å². The lowest BCUT2D eigenvalue weighted by molar-refractivity contribution is 0.0364. The van der Waals surface area contributed by atoms with Crippen LogP contribution in [0.1, 0.15) is 13.0 Å². The van der Waals surface area contributed by atoms with Gasteiger partial charge in [-0.15, -0.1) is 0 Å². The molecule has 0 spiro atoms. The predicted molar refractivity (Wildman–Crippen MR) is 82.6 cm³/mol. The van der Waals surface area contributed by atoms with Gasteiger partial charge in [0, 0.05) is 19.0 Å². The van der Waals surface area contributed by atoms with E-state index in [2.05, 4.69) is 19.5 Å². The normalized spacial score (nSPS) is 21.7. The summed E-state index contributed by atoms with van der Waals surface area (Å²) < 4.78 is 13.5. The highest BCUT2D eigenvalue weighted by Gasteiger charge is 2.32. The van der Waals surface area contributed by atoms with Crippen LogP contribution in [0, 0.1) is 0 Å². The van der Waals surface area contributed by atoms with E-state index < -0.39 is 0 Å². The predicted octanol–water partition coefficient (Wildman–Crippen LogP) is 2.40. The molecule has 22 heavy (non-hydrogen) atoms. The van der Waals surface area contributed by atoms with Crippen LogP contribution in [0.5, 0.6) is 0 Å². The van der Waals surface area contributed by atoms with Gasteiger partial charge >= 0.3 is 0 Å². The molecule has 3 heterocycles. The summed E-state index contributed by atoms with van der Waals surface area (Å²) in [5.74, 6) is 1.59. The largest absolute Gasteiger partial charge is 0.376 e. The minimum Gasteiger partial charge on any atom is -0.376 e. The van der Waals surface area contributed by atoms with Gasteiger partial charge in [0.1, 0.15) is 6.10 Å². The number of ether oxygens (including phenoxy) is 2. The fraction of sp³-hybridized carbons (Fsp3) is 0.375. The number of aromatic nitrogens is 4. The van der Waals surface area contributed by atoms with Crippen molar-refractivity contribution in [3.8, 4) is 11.6 Å². The van der Waals surface area contributed by atoms with Crippen LogP contribution in [-0.4, -0.2) is 45.4 Å². The Kier molecular flexibility index (Phi) is 3.40. The number of nitrogens with zero attached hydrogens (tertiary/aromatic N) is 3. The zero-order valence-corrected chi connectivity index (χ0v) is 12.4. The number of H-pyrrole nitrogens is 1. The number of rotatable bonds is 4. The number of hydrogen-bond donors (Lipinski definition) is 1. The maximum absolute atomic E-state index is 5.78. The average Bonchev–Trinajstić information content (AvgIpc) is 3.25. The molecule has 0 radical (unpaired) electrons.